The smallest absolute Gasteiger partial charge is 0.409 e. The average molecular weight is 444 g/mol. The lowest BCUT2D eigenvalue weighted by atomic mass is 9.92. The van der Waals surface area contributed by atoms with E-state index in [0.717, 1.165) is 22.3 Å². The number of carbonyl (C=O) groups excluding carboxylic acids is 1. The predicted molar refractivity (Wildman–Crippen MR) is 121 cm³/mol. The van der Waals surface area contributed by atoms with Gasteiger partial charge in [-0.1, -0.05) is 54.6 Å². The van der Waals surface area contributed by atoms with Gasteiger partial charge < -0.3 is 19.5 Å². The Hall–Kier alpha value is -3.87. The Morgan fingerprint density at radius 1 is 0.970 bits per heavy atom. The summed E-state index contributed by atoms with van der Waals surface area (Å²) in [4.78, 5) is 30.7. The molecule has 1 aliphatic heterocycles. The van der Waals surface area contributed by atoms with Crippen LogP contribution in [0.1, 0.15) is 28.7 Å². The van der Waals surface area contributed by atoms with Crippen LogP contribution in [0.5, 0.6) is 5.88 Å². The number of pyridine rings is 1. The van der Waals surface area contributed by atoms with Crippen LogP contribution in [0, 0.1) is 5.92 Å². The van der Waals surface area contributed by atoms with Crippen molar-refractivity contribution in [2.24, 2.45) is 5.92 Å². The molecule has 1 aromatic heterocycles. The number of likely N-dealkylation sites (tertiary alicyclic amines) is 1. The Morgan fingerprint density at radius 3 is 2.27 bits per heavy atom. The number of benzene rings is 2. The fourth-order valence-corrected chi connectivity index (χ4v) is 4.94. The molecule has 0 spiro atoms. The number of fused-ring (bicyclic) bond motifs is 3. The fraction of sp³-hybridized carbons (Fsp3) is 0.269. The molecule has 0 saturated carbocycles. The van der Waals surface area contributed by atoms with Crippen molar-refractivity contribution in [3.8, 4) is 17.0 Å². The van der Waals surface area contributed by atoms with Gasteiger partial charge in [0, 0.05) is 31.0 Å². The molecule has 2 unspecified atom stereocenters. The number of aliphatic carboxylic acids is 1. The van der Waals surface area contributed by atoms with Gasteiger partial charge in [0.25, 0.3) is 0 Å². The van der Waals surface area contributed by atoms with E-state index in [1.54, 1.807) is 18.2 Å². The van der Waals surface area contributed by atoms with E-state index >= 15 is 0 Å². The number of carbonyl (C=O) groups is 2. The second kappa shape index (κ2) is 8.58. The SMILES string of the molecule is COc1cccc(C2CN(C(=O)OCC3c4ccccc4-c4ccccc43)CC2C(=O)O)n1. The van der Waals surface area contributed by atoms with Gasteiger partial charge in [-0.05, 0) is 28.3 Å². The highest BCUT2D eigenvalue weighted by Crippen LogP contribution is 2.44. The van der Waals surface area contributed by atoms with E-state index in [9.17, 15) is 14.7 Å². The number of nitrogens with zero attached hydrogens (tertiary/aromatic N) is 2. The third-order valence-corrected chi connectivity index (χ3v) is 6.57. The predicted octanol–water partition coefficient (Wildman–Crippen LogP) is 4.14. The summed E-state index contributed by atoms with van der Waals surface area (Å²) in [6, 6.07) is 21.5. The summed E-state index contributed by atoms with van der Waals surface area (Å²) in [6.07, 6.45) is -0.506. The zero-order valence-electron chi connectivity index (χ0n) is 18.2. The molecule has 7 heteroatoms. The number of carboxylic acids is 1. The summed E-state index contributed by atoms with van der Waals surface area (Å²) in [5.74, 6) is -1.78. The van der Waals surface area contributed by atoms with Crippen LogP contribution in [-0.2, 0) is 9.53 Å². The van der Waals surface area contributed by atoms with Gasteiger partial charge in [-0.25, -0.2) is 9.78 Å². The molecular weight excluding hydrogens is 420 g/mol. The summed E-state index contributed by atoms with van der Waals surface area (Å²) < 4.78 is 10.9. The molecular formula is C26H24N2O5. The van der Waals surface area contributed by atoms with Gasteiger partial charge in [-0.3, -0.25) is 4.79 Å². The van der Waals surface area contributed by atoms with Crippen molar-refractivity contribution in [1.82, 2.24) is 9.88 Å². The molecule has 0 bridgehead atoms. The van der Waals surface area contributed by atoms with E-state index in [4.69, 9.17) is 9.47 Å². The van der Waals surface area contributed by atoms with Crippen molar-refractivity contribution in [1.29, 1.82) is 0 Å². The molecule has 2 aromatic carbocycles. The van der Waals surface area contributed by atoms with Gasteiger partial charge in [0.15, 0.2) is 0 Å². The average Bonchev–Trinajstić information content (AvgIpc) is 3.43. The summed E-state index contributed by atoms with van der Waals surface area (Å²) in [5, 5.41) is 9.75. The monoisotopic (exact) mass is 444 g/mol. The van der Waals surface area contributed by atoms with Gasteiger partial charge >= 0.3 is 12.1 Å². The molecule has 1 N–H and O–H groups in total. The largest absolute Gasteiger partial charge is 0.481 e. The van der Waals surface area contributed by atoms with E-state index in [2.05, 4.69) is 29.2 Å². The number of aromatic nitrogens is 1. The second-order valence-electron chi connectivity index (χ2n) is 8.37. The third kappa shape index (κ3) is 3.80. The Bertz CT molecular complexity index is 1170. The summed E-state index contributed by atoms with van der Waals surface area (Å²) >= 11 is 0. The molecule has 3 aromatic rings. The molecule has 2 aliphatic rings. The van der Waals surface area contributed by atoms with Gasteiger partial charge in [-0.15, -0.1) is 0 Å². The van der Waals surface area contributed by atoms with Crippen molar-refractivity contribution in [2.75, 3.05) is 26.8 Å². The minimum absolute atomic E-state index is 0.0462. The van der Waals surface area contributed by atoms with Crippen LogP contribution in [0.4, 0.5) is 4.79 Å². The van der Waals surface area contributed by atoms with Gasteiger partial charge in [0.05, 0.1) is 18.7 Å². The molecule has 1 aliphatic carbocycles. The number of methoxy groups -OCH3 is 1. The standard InChI is InChI=1S/C26H24N2O5/c1-32-24-12-6-11-23(27-24)20-13-28(14-21(20)25(29)30)26(31)33-15-22-18-9-4-2-7-16(18)17-8-3-5-10-19(17)22/h2-12,20-22H,13-15H2,1H3,(H,29,30). The van der Waals surface area contributed by atoms with Crippen molar-refractivity contribution in [3.05, 3.63) is 83.6 Å². The van der Waals surface area contributed by atoms with Crippen molar-refractivity contribution in [3.63, 3.8) is 0 Å². The van der Waals surface area contributed by atoms with E-state index in [0.29, 0.717) is 11.6 Å². The van der Waals surface area contributed by atoms with Crippen LogP contribution in [0.3, 0.4) is 0 Å². The first-order valence-electron chi connectivity index (χ1n) is 10.9. The second-order valence-corrected chi connectivity index (χ2v) is 8.37. The zero-order chi connectivity index (χ0) is 22.9. The first-order chi connectivity index (χ1) is 16.1. The number of rotatable bonds is 5. The zero-order valence-corrected chi connectivity index (χ0v) is 18.2. The Balaban J connectivity index is 1.32. The van der Waals surface area contributed by atoms with Gasteiger partial charge in [0.2, 0.25) is 5.88 Å². The minimum Gasteiger partial charge on any atom is -0.481 e. The highest BCUT2D eigenvalue weighted by molar-refractivity contribution is 5.79. The third-order valence-electron chi connectivity index (χ3n) is 6.57. The highest BCUT2D eigenvalue weighted by Gasteiger charge is 2.42. The number of hydrogen-bond donors (Lipinski definition) is 1. The lowest BCUT2D eigenvalue weighted by Crippen LogP contribution is -2.31. The quantitative estimate of drug-likeness (QED) is 0.636. The van der Waals surface area contributed by atoms with Crippen LogP contribution >= 0.6 is 0 Å². The maximum absolute atomic E-state index is 13.0. The normalized spacial score (nSPS) is 19.1. The number of carboxylic acid groups (broad SMARTS) is 1. The molecule has 1 fully saturated rings. The van der Waals surface area contributed by atoms with Crippen molar-refractivity contribution < 1.29 is 24.2 Å². The molecule has 33 heavy (non-hydrogen) atoms. The first-order valence-corrected chi connectivity index (χ1v) is 10.9. The van der Waals surface area contributed by atoms with Gasteiger partial charge in [0.1, 0.15) is 6.61 Å². The molecule has 1 amide bonds. The maximum Gasteiger partial charge on any atom is 0.409 e. The number of hydrogen-bond acceptors (Lipinski definition) is 5. The van der Waals surface area contributed by atoms with Gasteiger partial charge in [-0.2, -0.15) is 0 Å². The molecule has 7 nitrogen and oxygen atoms in total. The Kier molecular flexibility index (Phi) is 5.46. The van der Waals surface area contributed by atoms with Crippen LogP contribution in [-0.4, -0.2) is 53.9 Å². The number of amides is 1. The molecule has 1 saturated heterocycles. The maximum atomic E-state index is 13.0. The summed E-state index contributed by atoms with van der Waals surface area (Å²) in [5.41, 5.74) is 5.18. The highest BCUT2D eigenvalue weighted by atomic mass is 16.6. The van der Waals surface area contributed by atoms with E-state index in [1.807, 2.05) is 24.3 Å². The molecule has 5 rings (SSSR count). The lowest BCUT2D eigenvalue weighted by Gasteiger charge is -2.19. The molecule has 2 atom stereocenters. The topological polar surface area (TPSA) is 89.0 Å². The Labute approximate surface area is 191 Å². The minimum atomic E-state index is -0.960. The first kappa shape index (κ1) is 21.0. The van der Waals surface area contributed by atoms with Crippen LogP contribution in [0.25, 0.3) is 11.1 Å². The van der Waals surface area contributed by atoms with Crippen molar-refractivity contribution >= 4 is 12.1 Å². The molecule has 2 heterocycles. The molecule has 168 valence electrons. The molecule has 0 radical (unpaired) electrons. The summed E-state index contributed by atoms with van der Waals surface area (Å²) in [6.45, 7) is 0.506. The van der Waals surface area contributed by atoms with Crippen molar-refractivity contribution in [2.45, 2.75) is 11.8 Å². The number of ether oxygens (including phenoxy) is 2. The van der Waals surface area contributed by atoms with Crippen LogP contribution in [0.15, 0.2) is 66.7 Å². The van der Waals surface area contributed by atoms with Crippen LogP contribution < -0.4 is 4.74 Å². The van der Waals surface area contributed by atoms with E-state index in [1.165, 1.54) is 12.0 Å². The van der Waals surface area contributed by atoms with Crippen LogP contribution in [0.2, 0.25) is 0 Å². The fourth-order valence-electron chi connectivity index (χ4n) is 4.94. The lowest BCUT2D eigenvalue weighted by molar-refractivity contribution is -0.141. The summed E-state index contributed by atoms with van der Waals surface area (Å²) in [7, 11) is 1.51. The van der Waals surface area contributed by atoms with E-state index < -0.39 is 23.9 Å². The van der Waals surface area contributed by atoms with E-state index in [-0.39, 0.29) is 25.6 Å². The Morgan fingerprint density at radius 2 is 1.64 bits per heavy atom.